The van der Waals surface area contributed by atoms with E-state index >= 15 is 0 Å². The molecule has 0 saturated carbocycles. The van der Waals surface area contributed by atoms with E-state index in [-0.39, 0.29) is 11.2 Å². The van der Waals surface area contributed by atoms with Gasteiger partial charge in [0.05, 0.1) is 5.69 Å². The predicted molar refractivity (Wildman–Crippen MR) is 74.4 cm³/mol. The number of benzene rings is 2. The summed E-state index contributed by atoms with van der Waals surface area (Å²) in [4.78, 5) is 14.7. The third-order valence-corrected chi connectivity index (χ3v) is 3.03. The molecule has 0 aliphatic carbocycles. The fourth-order valence-corrected chi connectivity index (χ4v) is 2.14. The molecule has 3 rings (SSSR count). The molecule has 3 N–H and O–H groups in total. The third kappa shape index (κ3) is 1.57. The molecule has 0 radical (unpaired) electrons. The Morgan fingerprint density at radius 1 is 0.833 bits per heavy atom. The van der Waals surface area contributed by atoms with Gasteiger partial charge in [0, 0.05) is 10.8 Å². The van der Waals surface area contributed by atoms with Crippen LogP contribution in [0.2, 0.25) is 0 Å². The second kappa shape index (κ2) is 4.04. The van der Waals surface area contributed by atoms with Gasteiger partial charge in [0.1, 0.15) is 5.69 Å². The molecule has 1 aromatic heterocycles. The SMILES string of the molecule is Nc1c(=O)[nH]c(-c2ccccc2)c2ccccc12. The molecule has 2 aromatic carbocycles. The van der Waals surface area contributed by atoms with Crippen molar-refractivity contribution in [2.75, 3.05) is 5.73 Å². The molecular weight excluding hydrogens is 224 g/mol. The summed E-state index contributed by atoms with van der Waals surface area (Å²) < 4.78 is 0. The van der Waals surface area contributed by atoms with Gasteiger partial charge in [-0.2, -0.15) is 0 Å². The Labute approximate surface area is 104 Å². The van der Waals surface area contributed by atoms with Crippen LogP contribution < -0.4 is 11.3 Å². The van der Waals surface area contributed by atoms with Gasteiger partial charge in [-0.1, -0.05) is 54.6 Å². The first-order valence-corrected chi connectivity index (χ1v) is 5.73. The highest BCUT2D eigenvalue weighted by Crippen LogP contribution is 2.27. The number of hydrogen-bond acceptors (Lipinski definition) is 2. The van der Waals surface area contributed by atoms with Crippen molar-refractivity contribution in [3.63, 3.8) is 0 Å². The van der Waals surface area contributed by atoms with E-state index in [1.165, 1.54) is 0 Å². The van der Waals surface area contributed by atoms with Gasteiger partial charge in [-0.15, -0.1) is 0 Å². The number of anilines is 1. The Morgan fingerprint density at radius 2 is 1.44 bits per heavy atom. The quantitative estimate of drug-likeness (QED) is 0.682. The zero-order valence-corrected chi connectivity index (χ0v) is 9.68. The molecule has 0 aliphatic heterocycles. The van der Waals surface area contributed by atoms with Crippen molar-refractivity contribution < 1.29 is 0 Å². The number of pyridine rings is 1. The highest BCUT2D eigenvalue weighted by Gasteiger charge is 2.08. The molecule has 0 unspecified atom stereocenters. The summed E-state index contributed by atoms with van der Waals surface area (Å²) >= 11 is 0. The Hall–Kier alpha value is -2.55. The second-order valence-electron chi connectivity index (χ2n) is 4.15. The first kappa shape index (κ1) is 10.6. The highest BCUT2D eigenvalue weighted by molar-refractivity contribution is 6.00. The van der Waals surface area contributed by atoms with Crippen molar-refractivity contribution in [2.45, 2.75) is 0 Å². The molecule has 0 saturated heterocycles. The normalized spacial score (nSPS) is 10.7. The molecular formula is C15H12N2O. The van der Waals surface area contributed by atoms with Crippen LogP contribution in [0, 0.1) is 0 Å². The summed E-state index contributed by atoms with van der Waals surface area (Å²) in [5.41, 5.74) is 7.64. The van der Waals surface area contributed by atoms with Gasteiger partial charge in [0.2, 0.25) is 0 Å². The average molecular weight is 236 g/mol. The molecule has 0 fully saturated rings. The topological polar surface area (TPSA) is 58.9 Å². The molecule has 0 bridgehead atoms. The highest BCUT2D eigenvalue weighted by atomic mass is 16.1. The van der Waals surface area contributed by atoms with E-state index in [4.69, 9.17) is 5.73 Å². The van der Waals surface area contributed by atoms with E-state index in [1.54, 1.807) is 0 Å². The monoisotopic (exact) mass is 236 g/mol. The number of H-pyrrole nitrogens is 1. The minimum atomic E-state index is -0.243. The van der Waals surface area contributed by atoms with Crippen molar-refractivity contribution in [1.82, 2.24) is 4.98 Å². The van der Waals surface area contributed by atoms with Crippen molar-refractivity contribution >= 4 is 16.5 Å². The number of rotatable bonds is 1. The number of nitrogen functional groups attached to an aromatic ring is 1. The molecule has 3 heteroatoms. The average Bonchev–Trinajstić information content (AvgIpc) is 2.44. The lowest BCUT2D eigenvalue weighted by Gasteiger charge is -2.08. The second-order valence-corrected chi connectivity index (χ2v) is 4.15. The minimum absolute atomic E-state index is 0.243. The number of aromatic nitrogens is 1. The summed E-state index contributed by atoms with van der Waals surface area (Å²) in [7, 11) is 0. The number of aromatic amines is 1. The van der Waals surface area contributed by atoms with Crippen LogP contribution in [0.4, 0.5) is 5.69 Å². The molecule has 0 spiro atoms. The van der Waals surface area contributed by atoms with Gasteiger partial charge in [0.25, 0.3) is 5.56 Å². The number of fused-ring (bicyclic) bond motifs is 1. The fourth-order valence-electron chi connectivity index (χ4n) is 2.14. The number of hydrogen-bond donors (Lipinski definition) is 2. The van der Waals surface area contributed by atoms with Crippen LogP contribution >= 0.6 is 0 Å². The van der Waals surface area contributed by atoms with Crippen LogP contribution in [0.15, 0.2) is 59.4 Å². The summed E-state index contributed by atoms with van der Waals surface area (Å²) in [6.07, 6.45) is 0. The summed E-state index contributed by atoms with van der Waals surface area (Å²) in [6.45, 7) is 0. The number of nitrogens with two attached hydrogens (primary N) is 1. The maximum atomic E-state index is 11.8. The molecule has 3 nitrogen and oxygen atoms in total. The zero-order chi connectivity index (χ0) is 12.5. The summed E-state index contributed by atoms with van der Waals surface area (Å²) in [5.74, 6) is 0. The lowest BCUT2D eigenvalue weighted by atomic mass is 10.0. The Bertz CT molecular complexity index is 760. The maximum absolute atomic E-state index is 11.8. The fraction of sp³-hybridized carbons (Fsp3) is 0. The Kier molecular flexibility index (Phi) is 2.38. The molecule has 0 atom stereocenters. The van der Waals surface area contributed by atoms with Crippen LogP contribution in [-0.2, 0) is 0 Å². The Morgan fingerprint density at radius 3 is 2.17 bits per heavy atom. The van der Waals surface area contributed by atoms with Crippen LogP contribution in [0.1, 0.15) is 0 Å². The molecule has 18 heavy (non-hydrogen) atoms. The first-order valence-electron chi connectivity index (χ1n) is 5.73. The van der Waals surface area contributed by atoms with Crippen molar-refractivity contribution in [2.24, 2.45) is 0 Å². The zero-order valence-electron chi connectivity index (χ0n) is 9.68. The Balaban J connectivity index is 2.44. The van der Waals surface area contributed by atoms with Crippen molar-refractivity contribution in [3.05, 3.63) is 65.0 Å². The van der Waals surface area contributed by atoms with Gasteiger partial charge >= 0.3 is 0 Å². The van der Waals surface area contributed by atoms with Crippen LogP contribution in [-0.4, -0.2) is 4.98 Å². The summed E-state index contributed by atoms with van der Waals surface area (Å²) in [6, 6.07) is 17.4. The smallest absolute Gasteiger partial charge is 0.272 e. The molecule has 88 valence electrons. The lowest BCUT2D eigenvalue weighted by molar-refractivity contribution is 1.27. The summed E-state index contributed by atoms with van der Waals surface area (Å²) in [5, 5.41) is 1.75. The third-order valence-electron chi connectivity index (χ3n) is 3.03. The molecule has 0 aliphatic rings. The van der Waals surface area contributed by atoms with E-state index in [2.05, 4.69) is 4.98 Å². The minimum Gasteiger partial charge on any atom is -0.394 e. The van der Waals surface area contributed by atoms with E-state index in [0.717, 1.165) is 22.0 Å². The van der Waals surface area contributed by atoms with E-state index in [0.29, 0.717) is 0 Å². The van der Waals surface area contributed by atoms with Gasteiger partial charge in [-0.05, 0) is 5.56 Å². The lowest BCUT2D eigenvalue weighted by Crippen LogP contribution is -2.13. The van der Waals surface area contributed by atoms with Gasteiger partial charge < -0.3 is 10.7 Å². The standard InChI is InChI=1S/C15H12N2O/c16-13-11-8-4-5-9-12(11)14(17-15(13)18)10-6-2-1-3-7-10/h1-9H,16H2,(H,17,18). The van der Waals surface area contributed by atoms with Crippen LogP contribution in [0.25, 0.3) is 22.0 Å². The van der Waals surface area contributed by atoms with E-state index in [9.17, 15) is 4.79 Å². The largest absolute Gasteiger partial charge is 0.394 e. The maximum Gasteiger partial charge on any atom is 0.272 e. The molecule has 0 amide bonds. The number of nitrogens with one attached hydrogen (secondary N) is 1. The molecule has 1 heterocycles. The van der Waals surface area contributed by atoms with E-state index in [1.807, 2.05) is 54.6 Å². The molecule has 3 aromatic rings. The van der Waals surface area contributed by atoms with Crippen molar-refractivity contribution in [3.8, 4) is 11.3 Å². The van der Waals surface area contributed by atoms with E-state index < -0.39 is 0 Å². The van der Waals surface area contributed by atoms with Crippen LogP contribution in [0.5, 0.6) is 0 Å². The van der Waals surface area contributed by atoms with Gasteiger partial charge in [0.15, 0.2) is 0 Å². The van der Waals surface area contributed by atoms with Gasteiger partial charge in [-0.3, -0.25) is 4.79 Å². The van der Waals surface area contributed by atoms with Crippen molar-refractivity contribution in [1.29, 1.82) is 0 Å². The van der Waals surface area contributed by atoms with Gasteiger partial charge in [-0.25, -0.2) is 0 Å². The first-order chi connectivity index (χ1) is 8.77. The predicted octanol–water partition coefficient (Wildman–Crippen LogP) is 2.78. The van der Waals surface area contributed by atoms with Crippen LogP contribution in [0.3, 0.4) is 0 Å².